The second-order valence-electron chi connectivity index (χ2n) is 6.46. The number of anilines is 1. The van der Waals surface area contributed by atoms with Crippen LogP contribution in [0.15, 0.2) is 48.5 Å². The average molecular weight is 383 g/mol. The van der Waals surface area contributed by atoms with E-state index >= 15 is 0 Å². The highest BCUT2D eigenvalue weighted by atomic mass is 16.4. The number of amides is 2. The molecule has 28 heavy (non-hydrogen) atoms. The van der Waals surface area contributed by atoms with Crippen LogP contribution >= 0.6 is 0 Å². The maximum Gasteiger partial charge on any atom is 0.336 e. The lowest BCUT2D eigenvalue weighted by Gasteiger charge is -2.18. The molecular formula is C21H25N3O4. The van der Waals surface area contributed by atoms with Crippen LogP contribution in [-0.2, 0) is 9.59 Å². The van der Waals surface area contributed by atoms with Gasteiger partial charge in [-0.15, -0.1) is 0 Å². The molecule has 0 spiro atoms. The zero-order valence-electron chi connectivity index (χ0n) is 15.8. The van der Waals surface area contributed by atoms with Crippen molar-refractivity contribution in [2.24, 2.45) is 5.73 Å². The zero-order chi connectivity index (χ0) is 20.5. The molecule has 5 N–H and O–H groups in total. The van der Waals surface area contributed by atoms with E-state index < -0.39 is 12.0 Å². The first kappa shape index (κ1) is 21.1. The Hall–Kier alpha value is -3.19. The Bertz CT molecular complexity index is 837. The predicted octanol–water partition coefficient (Wildman–Crippen LogP) is 2.62. The number of nitrogens with one attached hydrogen (secondary N) is 2. The Kier molecular flexibility index (Phi) is 7.71. The van der Waals surface area contributed by atoms with E-state index in [1.54, 1.807) is 24.3 Å². The van der Waals surface area contributed by atoms with Gasteiger partial charge in [0.1, 0.15) is 6.04 Å². The van der Waals surface area contributed by atoms with Crippen molar-refractivity contribution in [3.8, 4) is 11.1 Å². The van der Waals surface area contributed by atoms with Crippen LogP contribution in [0.2, 0.25) is 0 Å². The number of carboxylic acids is 1. The first-order valence-electron chi connectivity index (χ1n) is 9.13. The third-order valence-electron chi connectivity index (χ3n) is 4.24. The van der Waals surface area contributed by atoms with E-state index in [0.29, 0.717) is 30.6 Å². The lowest BCUT2D eigenvalue weighted by Crippen LogP contribution is -2.42. The summed E-state index contributed by atoms with van der Waals surface area (Å²) in [6.45, 7) is 1.88. The number of nitrogens with two attached hydrogens (primary N) is 1. The second kappa shape index (κ2) is 10.2. The average Bonchev–Trinajstić information content (AvgIpc) is 2.67. The number of aromatic carboxylic acids is 1. The predicted molar refractivity (Wildman–Crippen MR) is 108 cm³/mol. The summed E-state index contributed by atoms with van der Waals surface area (Å²) in [5.41, 5.74) is 7.33. The Morgan fingerprint density at radius 2 is 1.79 bits per heavy atom. The first-order valence-corrected chi connectivity index (χ1v) is 9.13. The van der Waals surface area contributed by atoms with E-state index in [4.69, 9.17) is 5.73 Å². The van der Waals surface area contributed by atoms with E-state index in [9.17, 15) is 19.5 Å². The van der Waals surface area contributed by atoms with Crippen LogP contribution in [0.3, 0.4) is 0 Å². The Morgan fingerprint density at radius 3 is 2.39 bits per heavy atom. The van der Waals surface area contributed by atoms with E-state index in [1.807, 2.05) is 18.2 Å². The van der Waals surface area contributed by atoms with Crippen molar-refractivity contribution in [1.29, 1.82) is 0 Å². The maximum absolute atomic E-state index is 12.6. The topological polar surface area (TPSA) is 122 Å². The number of hydrogen-bond acceptors (Lipinski definition) is 4. The summed E-state index contributed by atoms with van der Waals surface area (Å²) in [6.07, 6.45) is 1.94. The van der Waals surface area contributed by atoms with Gasteiger partial charge in [-0.3, -0.25) is 9.59 Å². The summed E-state index contributed by atoms with van der Waals surface area (Å²) in [4.78, 5) is 35.6. The minimum Gasteiger partial charge on any atom is -0.478 e. The van der Waals surface area contributed by atoms with Crippen molar-refractivity contribution in [2.45, 2.75) is 32.2 Å². The number of carbonyl (C=O) groups is 3. The van der Waals surface area contributed by atoms with E-state index in [0.717, 1.165) is 12.0 Å². The molecule has 0 saturated heterocycles. The van der Waals surface area contributed by atoms with Gasteiger partial charge in [-0.1, -0.05) is 30.3 Å². The second-order valence-corrected chi connectivity index (χ2v) is 6.46. The van der Waals surface area contributed by atoms with Crippen molar-refractivity contribution < 1.29 is 19.5 Å². The van der Waals surface area contributed by atoms with E-state index in [-0.39, 0.29) is 17.4 Å². The molecule has 0 fully saturated rings. The fraction of sp³-hybridized carbons (Fsp3) is 0.286. The summed E-state index contributed by atoms with van der Waals surface area (Å²) >= 11 is 0. The zero-order valence-corrected chi connectivity index (χ0v) is 15.8. The normalized spacial score (nSPS) is 11.5. The maximum atomic E-state index is 12.6. The third-order valence-corrected chi connectivity index (χ3v) is 4.24. The molecule has 0 radical (unpaired) electrons. The van der Waals surface area contributed by atoms with E-state index in [1.165, 1.54) is 13.0 Å². The minimum atomic E-state index is -1.05. The molecule has 0 heterocycles. The Labute approximate surface area is 163 Å². The van der Waals surface area contributed by atoms with Gasteiger partial charge in [0.2, 0.25) is 11.8 Å². The molecule has 7 heteroatoms. The molecule has 0 saturated carbocycles. The molecular weight excluding hydrogens is 358 g/mol. The van der Waals surface area contributed by atoms with Crippen molar-refractivity contribution in [2.75, 3.05) is 11.9 Å². The largest absolute Gasteiger partial charge is 0.478 e. The first-order chi connectivity index (χ1) is 13.4. The van der Waals surface area contributed by atoms with Gasteiger partial charge in [0.05, 0.1) is 5.56 Å². The smallest absolute Gasteiger partial charge is 0.336 e. The molecule has 1 atom stereocenters. The molecule has 2 aromatic rings. The van der Waals surface area contributed by atoms with Crippen LogP contribution in [0.25, 0.3) is 11.1 Å². The minimum absolute atomic E-state index is 0.144. The monoisotopic (exact) mass is 383 g/mol. The van der Waals surface area contributed by atoms with Gasteiger partial charge >= 0.3 is 5.97 Å². The number of hydrogen-bond donors (Lipinski definition) is 4. The van der Waals surface area contributed by atoms with Gasteiger partial charge in [-0.05, 0) is 55.1 Å². The fourth-order valence-electron chi connectivity index (χ4n) is 2.90. The van der Waals surface area contributed by atoms with Gasteiger partial charge in [-0.25, -0.2) is 4.79 Å². The van der Waals surface area contributed by atoms with Gasteiger partial charge in [-0.2, -0.15) is 0 Å². The summed E-state index contributed by atoms with van der Waals surface area (Å²) in [7, 11) is 0. The molecule has 2 aromatic carbocycles. The van der Waals surface area contributed by atoms with Crippen LogP contribution < -0.4 is 16.4 Å². The van der Waals surface area contributed by atoms with E-state index in [2.05, 4.69) is 10.6 Å². The van der Waals surface area contributed by atoms with Gasteiger partial charge in [0, 0.05) is 12.6 Å². The molecule has 0 unspecified atom stereocenters. The Balaban J connectivity index is 2.25. The van der Waals surface area contributed by atoms with Gasteiger partial charge < -0.3 is 21.5 Å². The summed E-state index contributed by atoms with van der Waals surface area (Å²) in [6, 6.07) is 13.0. The summed E-state index contributed by atoms with van der Waals surface area (Å²) in [5.74, 6) is -1.69. The van der Waals surface area contributed by atoms with Crippen LogP contribution in [0.4, 0.5) is 5.69 Å². The highest BCUT2D eigenvalue weighted by molar-refractivity contribution is 6.00. The highest BCUT2D eigenvalue weighted by Gasteiger charge is 2.20. The number of benzene rings is 2. The number of carbonyl (C=O) groups excluding carboxylic acids is 2. The lowest BCUT2D eigenvalue weighted by molar-refractivity contribution is -0.125. The molecule has 2 amide bonds. The highest BCUT2D eigenvalue weighted by Crippen LogP contribution is 2.27. The number of unbranched alkanes of at least 4 members (excludes halogenated alkanes) is 1. The molecule has 0 aliphatic heterocycles. The SMILES string of the molecule is CC(=O)N[C@@H](CCCCN)C(=O)Nc1ccc(C(=O)O)c(-c2ccccc2)c1. The molecule has 7 nitrogen and oxygen atoms in total. The molecule has 148 valence electrons. The summed E-state index contributed by atoms with van der Waals surface area (Å²) < 4.78 is 0. The Morgan fingerprint density at radius 1 is 1.07 bits per heavy atom. The number of rotatable bonds is 9. The molecule has 2 rings (SSSR count). The van der Waals surface area contributed by atoms with Crippen LogP contribution in [0, 0.1) is 0 Å². The third kappa shape index (κ3) is 5.92. The standard InChI is InChI=1S/C21H25N3O4/c1-14(25)23-19(9-5-6-12-22)20(26)24-16-10-11-17(21(27)28)18(13-16)15-7-3-2-4-8-15/h2-4,7-8,10-11,13,19H,5-6,9,12,22H2,1H3,(H,23,25)(H,24,26)(H,27,28)/t19-/m0/s1. The molecule has 0 aromatic heterocycles. The quantitative estimate of drug-likeness (QED) is 0.496. The van der Waals surface area contributed by atoms with Crippen molar-refractivity contribution in [3.63, 3.8) is 0 Å². The van der Waals surface area contributed by atoms with Crippen LogP contribution in [0.1, 0.15) is 36.5 Å². The lowest BCUT2D eigenvalue weighted by atomic mass is 9.99. The van der Waals surface area contributed by atoms with Crippen molar-refractivity contribution in [3.05, 3.63) is 54.1 Å². The van der Waals surface area contributed by atoms with Gasteiger partial charge in [0.25, 0.3) is 0 Å². The molecule has 0 aliphatic rings. The molecule has 0 aliphatic carbocycles. The summed E-state index contributed by atoms with van der Waals surface area (Å²) in [5, 5.41) is 14.9. The van der Waals surface area contributed by atoms with Crippen LogP contribution in [0.5, 0.6) is 0 Å². The fourth-order valence-corrected chi connectivity index (χ4v) is 2.90. The van der Waals surface area contributed by atoms with Crippen LogP contribution in [-0.4, -0.2) is 35.5 Å². The number of carboxylic acid groups (broad SMARTS) is 1. The molecule has 0 bridgehead atoms. The van der Waals surface area contributed by atoms with Crippen molar-refractivity contribution in [1.82, 2.24) is 5.32 Å². The van der Waals surface area contributed by atoms with Gasteiger partial charge in [0.15, 0.2) is 0 Å². The van der Waals surface area contributed by atoms with Crippen molar-refractivity contribution >= 4 is 23.5 Å².